The number of rotatable bonds is 5. The highest BCUT2D eigenvalue weighted by atomic mass is 35.5. The minimum Gasteiger partial charge on any atom is -0.494 e. The molecule has 94 valence electrons. The Kier molecular flexibility index (Phi) is 4.62. The Hall–Kier alpha value is -1.43. The number of carboxylic acid groups (broad SMARTS) is 1. The van der Waals surface area contributed by atoms with Crippen LogP contribution in [0.4, 0.5) is 8.78 Å². The van der Waals surface area contributed by atoms with Crippen molar-refractivity contribution in [3.63, 3.8) is 0 Å². The van der Waals surface area contributed by atoms with Crippen LogP contribution < -0.4 is 4.74 Å². The minimum atomic E-state index is -2.81. The highest BCUT2D eigenvalue weighted by Gasteiger charge is 2.22. The lowest BCUT2D eigenvalue weighted by atomic mass is 10.0. The van der Waals surface area contributed by atoms with Crippen molar-refractivity contribution in [2.24, 2.45) is 0 Å². The Balaban J connectivity index is 3.38. The van der Waals surface area contributed by atoms with Crippen molar-refractivity contribution in [2.45, 2.75) is 18.7 Å². The number of aliphatic carboxylic acids is 1. The number of pyridine rings is 1. The number of ether oxygens (including phenoxy) is 1. The maximum absolute atomic E-state index is 12.7. The molecular formula is C10H10ClF2NO3. The number of aromatic nitrogens is 1. The second-order valence-electron chi connectivity index (χ2n) is 3.18. The zero-order valence-corrected chi connectivity index (χ0v) is 9.67. The van der Waals surface area contributed by atoms with Gasteiger partial charge in [-0.3, -0.25) is 9.78 Å². The van der Waals surface area contributed by atoms with E-state index in [2.05, 4.69) is 4.98 Å². The van der Waals surface area contributed by atoms with Crippen molar-refractivity contribution in [1.29, 1.82) is 0 Å². The molecule has 0 fully saturated rings. The Morgan fingerprint density at radius 2 is 2.29 bits per heavy atom. The largest absolute Gasteiger partial charge is 0.494 e. The lowest BCUT2D eigenvalue weighted by molar-refractivity contribution is -0.136. The molecule has 1 rings (SSSR count). The van der Waals surface area contributed by atoms with Crippen molar-refractivity contribution in [2.75, 3.05) is 7.11 Å². The molecule has 0 spiro atoms. The minimum absolute atomic E-state index is 0.0141. The van der Waals surface area contributed by atoms with Crippen LogP contribution in [0.15, 0.2) is 6.20 Å². The Labute approximate surface area is 101 Å². The van der Waals surface area contributed by atoms with Crippen LogP contribution in [-0.2, 0) is 17.1 Å². The topological polar surface area (TPSA) is 59.4 Å². The van der Waals surface area contributed by atoms with Crippen molar-refractivity contribution in [1.82, 2.24) is 4.98 Å². The summed E-state index contributed by atoms with van der Waals surface area (Å²) >= 11 is 5.57. The van der Waals surface area contributed by atoms with Crippen LogP contribution in [0.2, 0.25) is 0 Å². The van der Waals surface area contributed by atoms with Crippen LogP contribution in [0.3, 0.4) is 0 Å². The van der Waals surface area contributed by atoms with Crippen molar-refractivity contribution in [3.05, 3.63) is 23.0 Å². The van der Waals surface area contributed by atoms with E-state index in [9.17, 15) is 13.6 Å². The third-order valence-corrected chi connectivity index (χ3v) is 2.39. The van der Waals surface area contributed by atoms with E-state index < -0.39 is 24.4 Å². The summed E-state index contributed by atoms with van der Waals surface area (Å²) < 4.78 is 30.3. The van der Waals surface area contributed by atoms with Gasteiger partial charge in [-0.2, -0.15) is 0 Å². The summed E-state index contributed by atoms with van der Waals surface area (Å²) in [6, 6.07) is 0. The third-order valence-electron chi connectivity index (χ3n) is 2.14. The molecule has 0 saturated heterocycles. The maximum Gasteiger partial charge on any atom is 0.307 e. The molecule has 0 aromatic carbocycles. The van der Waals surface area contributed by atoms with Gasteiger partial charge in [0.25, 0.3) is 6.43 Å². The van der Waals surface area contributed by atoms with E-state index in [-0.39, 0.29) is 22.9 Å². The first-order chi connectivity index (χ1) is 8.01. The molecule has 4 nitrogen and oxygen atoms in total. The average Bonchev–Trinajstić information content (AvgIpc) is 2.27. The number of hydrogen-bond donors (Lipinski definition) is 1. The molecule has 0 bridgehead atoms. The smallest absolute Gasteiger partial charge is 0.307 e. The van der Waals surface area contributed by atoms with Gasteiger partial charge in [0.05, 0.1) is 25.1 Å². The van der Waals surface area contributed by atoms with E-state index in [4.69, 9.17) is 21.4 Å². The molecule has 1 heterocycles. The average molecular weight is 266 g/mol. The molecule has 0 aliphatic carbocycles. The molecule has 0 unspecified atom stereocenters. The standard InChI is InChI=1S/C10H10ClF2NO3/c1-17-9-5(2-8(15)16)6(10(12)13)4-14-7(9)3-11/h4,10H,2-3H2,1H3,(H,15,16). The van der Waals surface area contributed by atoms with Gasteiger partial charge in [-0.1, -0.05) is 0 Å². The summed E-state index contributed by atoms with van der Waals surface area (Å²) in [5.41, 5.74) is -0.284. The lowest BCUT2D eigenvalue weighted by Crippen LogP contribution is -2.09. The second kappa shape index (κ2) is 5.77. The number of methoxy groups -OCH3 is 1. The molecule has 0 atom stereocenters. The summed E-state index contributed by atoms with van der Waals surface area (Å²) in [5.74, 6) is -1.25. The van der Waals surface area contributed by atoms with Gasteiger partial charge in [0.1, 0.15) is 5.75 Å². The summed E-state index contributed by atoms with van der Waals surface area (Å²) in [4.78, 5) is 14.4. The SMILES string of the molecule is COc1c(CCl)ncc(C(F)F)c1CC(=O)O. The summed E-state index contributed by atoms with van der Waals surface area (Å²) in [7, 11) is 1.26. The van der Waals surface area contributed by atoms with Gasteiger partial charge in [0, 0.05) is 17.3 Å². The molecule has 7 heteroatoms. The molecule has 0 saturated carbocycles. The van der Waals surface area contributed by atoms with Crippen molar-refractivity contribution >= 4 is 17.6 Å². The predicted octanol–water partition coefficient (Wildman–Crippen LogP) is 2.39. The Morgan fingerprint density at radius 3 is 2.71 bits per heavy atom. The fraction of sp³-hybridized carbons (Fsp3) is 0.400. The summed E-state index contributed by atoms with van der Waals surface area (Å²) in [6.07, 6.45) is -2.44. The maximum atomic E-state index is 12.7. The van der Waals surface area contributed by atoms with E-state index >= 15 is 0 Å². The van der Waals surface area contributed by atoms with E-state index in [1.165, 1.54) is 7.11 Å². The van der Waals surface area contributed by atoms with E-state index in [0.717, 1.165) is 6.20 Å². The monoisotopic (exact) mass is 265 g/mol. The molecule has 1 N–H and O–H groups in total. The van der Waals surface area contributed by atoms with Gasteiger partial charge in [-0.15, -0.1) is 11.6 Å². The van der Waals surface area contributed by atoms with Gasteiger partial charge in [-0.05, 0) is 0 Å². The number of hydrogen-bond acceptors (Lipinski definition) is 3. The molecule has 1 aromatic heterocycles. The van der Waals surface area contributed by atoms with Crippen LogP contribution in [0.1, 0.15) is 23.2 Å². The van der Waals surface area contributed by atoms with E-state index in [1.54, 1.807) is 0 Å². The van der Waals surface area contributed by atoms with E-state index in [1.807, 2.05) is 0 Å². The molecular weight excluding hydrogens is 256 g/mol. The van der Waals surface area contributed by atoms with Crippen molar-refractivity contribution in [3.8, 4) is 5.75 Å². The number of carbonyl (C=O) groups is 1. The van der Waals surface area contributed by atoms with Crippen LogP contribution in [-0.4, -0.2) is 23.2 Å². The predicted molar refractivity (Wildman–Crippen MR) is 56.6 cm³/mol. The zero-order chi connectivity index (χ0) is 13.0. The van der Waals surface area contributed by atoms with Crippen LogP contribution >= 0.6 is 11.6 Å². The second-order valence-corrected chi connectivity index (χ2v) is 3.44. The third kappa shape index (κ3) is 3.03. The van der Waals surface area contributed by atoms with Gasteiger partial charge >= 0.3 is 5.97 Å². The summed E-state index contributed by atoms with van der Waals surface area (Å²) in [5, 5.41) is 8.70. The van der Waals surface area contributed by atoms with Crippen LogP contribution in [0.25, 0.3) is 0 Å². The molecule has 1 aromatic rings. The highest BCUT2D eigenvalue weighted by molar-refractivity contribution is 6.17. The Bertz CT molecular complexity index is 426. The first-order valence-electron chi connectivity index (χ1n) is 4.61. The first kappa shape index (κ1) is 13.6. The Morgan fingerprint density at radius 1 is 1.65 bits per heavy atom. The highest BCUT2D eigenvalue weighted by Crippen LogP contribution is 2.32. The quantitative estimate of drug-likeness (QED) is 0.831. The normalized spacial score (nSPS) is 10.6. The lowest BCUT2D eigenvalue weighted by Gasteiger charge is -2.14. The first-order valence-corrected chi connectivity index (χ1v) is 5.15. The molecule has 17 heavy (non-hydrogen) atoms. The van der Waals surface area contributed by atoms with E-state index in [0.29, 0.717) is 0 Å². The number of alkyl halides is 3. The number of halogens is 3. The fourth-order valence-corrected chi connectivity index (χ4v) is 1.64. The molecule has 0 aliphatic rings. The van der Waals surface area contributed by atoms with Gasteiger partial charge in [0.2, 0.25) is 0 Å². The summed E-state index contributed by atoms with van der Waals surface area (Å²) in [6.45, 7) is 0. The molecule has 0 aliphatic heterocycles. The van der Waals surface area contributed by atoms with Crippen molar-refractivity contribution < 1.29 is 23.4 Å². The van der Waals surface area contributed by atoms with Gasteiger partial charge < -0.3 is 9.84 Å². The fourth-order valence-electron chi connectivity index (χ4n) is 1.45. The zero-order valence-electron chi connectivity index (χ0n) is 8.91. The van der Waals surface area contributed by atoms with Gasteiger partial charge in [0.15, 0.2) is 0 Å². The van der Waals surface area contributed by atoms with Crippen LogP contribution in [0, 0.1) is 0 Å². The van der Waals surface area contributed by atoms with Gasteiger partial charge in [-0.25, -0.2) is 8.78 Å². The molecule has 0 radical (unpaired) electrons. The number of nitrogens with zero attached hydrogens (tertiary/aromatic N) is 1. The molecule has 0 amide bonds. The number of carboxylic acids is 1. The van der Waals surface area contributed by atoms with Crippen LogP contribution in [0.5, 0.6) is 5.75 Å².